The Morgan fingerprint density at radius 3 is 2.19 bits per heavy atom. The van der Waals surface area contributed by atoms with E-state index >= 15 is 0 Å². The molecule has 0 N–H and O–H groups in total. The molecule has 0 aromatic rings. The van der Waals surface area contributed by atoms with Crippen LogP contribution in [0.5, 0.6) is 0 Å². The fourth-order valence-electron chi connectivity index (χ4n) is 1.33. The molecule has 0 spiro atoms. The van der Waals surface area contributed by atoms with Crippen molar-refractivity contribution < 1.29 is 22.8 Å². The molecule has 0 radical (unpaired) electrons. The summed E-state index contributed by atoms with van der Waals surface area (Å²) in [6.45, 7) is 2.24. The van der Waals surface area contributed by atoms with E-state index in [2.05, 4.69) is 0 Å². The highest BCUT2D eigenvalue weighted by Crippen LogP contribution is 2.15. The van der Waals surface area contributed by atoms with Crippen molar-refractivity contribution in [3.8, 4) is 0 Å². The minimum atomic E-state index is -2.39. The van der Waals surface area contributed by atoms with Gasteiger partial charge < -0.3 is 22.8 Å². The Morgan fingerprint density at radius 1 is 1.19 bits per heavy atom. The summed E-state index contributed by atoms with van der Waals surface area (Å²) in [6, 6.07) is 0.780. The summed E-state index contributed by atoms with van der Waals surface area (Å²) >= 11 is 0. The molecule has 1 aliphatic rings. The molecule has 1 heterocycles. The molecule has 5 nitrogen and oxygen atoms in total. The van der Waals surface area contributed by atoms with Crippen LogP contribution in [0.3, 0.4) is 0 Å². The zero-order valence-corrected chi connectivity index (χ0v) is 10.7. The van der Waals surface area contributed by atoms with Crippen LogP contribution in [0.15, 0.2) is 0 Å². The molecule has 0 aliphatic carbocycles. The Kier molecular flexibility index (Phi) is 8.46. The van der Waals surface area contributed by atoms with E-state index in [-0.39, 0.29) is 11.0 Å². The van der Waals surface area contributed by atoms with Crippen LogP contribution < -0.4 is 0 Å². The van der Waals surface area contributed by atoms with Crippen LogP contribution in [0.4, 0.5) is 0 Å². The predicted molar refractivity (Wildman–Crippen MR) is 68.1 cm³/mol. The molecule has 0 amide bonds. The van der Waals surface area contributed by atoms with Crippen molar-refractivity contribution in [3.63, 3.8) is 0 Å². The summed E-state index contributed by atoms with van der Waals surface area (Å²) in [5.41, 5.74) is 0. The minimum absolute atomic E-state index is 0. The lowest BCUT2D eigenvalue weighted by atomic mass is 10.5. The van der Waals surface area contributed by atoms with Gasteiger partial charge in [0, 0.05) is 34.0 Å². The summed E-state index contributed by atoms with van der Waals surface area (Å²) in [7, 11) is 2.48. The van der Waals surface area contributed by atoms with Gasteiger partial charge in [-0.05, 0) is 17.4 Å². The molecule has 98 valence electrons. The van der Waals surface area contributed by atoms with E-state index in [9.17, 15) is 0 Å². The van der Waals surface area contributed by atoms with E-state index in [1.165, 1.54) is 0 Å². The first-order valence-electron chi connectivity index (χ1n) is 5.11. The fourth-order valence-corrected chi connectivity index (χ4v) is 3.02. The standard InChI is InChI=1S/C9H20O5Si.H4Si/c1-10-15(11-2,12-3)6-4-5-13-7-9-8-14-9;/h9H,4-8H2,1-3H3;1H4. The van der Waals surface area contributed by atoms with Crippen molar-refractivity contribution in [2.75, 3.05) is 41.2 Å². The van der Waals surface area contributed by atoms with Gasteiger partial charge in [0.1, 0.15) is 6.10 Å². The number of ether oxygens (including phenoxy) is 2. The Balaban J connectivity index is 0.00000225. The van der Waals surface area contributed by atoms with Gasteiger partial charge in [-0.15, -0.1) is 0 Å². The van der Waals surface area contributed by atoms with Crippen molar-refractivity contribution in [2.24, 2.45) is 0 Å². The monoisotopic (exact) mass is 268 g/mol. The molecule has 0 aromatic heterocycles. The molecule has 7 heteroatoms. The quantitative estimate of drug-likeness (QED) is 0.312. The van der Waals surface area contributed by atoms with Crippen molar-refractivity contribution in [1.29, 1.82) is 0 Å². The highest BCUT2D eigenvalue weighted by atomic mass is 28.4. The maximum atomic E-state index is 5.42. The normalized spacial score (nSPS) is 19.3. The molecule has 1 rings (SSSR count). The minimum Gasteiger partial charge on any atom is -0.379 e. The van der Waals surface area contributed by atoms with E-state index in [4.69, 9.17) is 22.8 Å². The lowest BCUT2D eigenvalue weighted by molar-refractivity contribution is 0.100. The maximum absolute atomic E-state index is 5.42. The van der Waals surface area contributed by atoms with E-state index in [1.54, 1.807) is 21.3 Å². The number of hydrogen-bond acceptors (Lipinski definition) is 5. The molecule has 0 aromatic carbocycles. The second-order valence-corrected chi connectivity index (χ2v) is 6.52. The SMILES string of the molecule is CO[Si](CCCOCC1CO1)(OC)OC.[SiH4]. The Labute approximate surface area is 103 Å². The predicted octanol–water partition coefficient (Wildman–Crippen LogP) is -0.782. The molecule has 0 bridgehead atoms. The third kappa shape index (κ3) is 5.53. The summed E-state index contributed by atoms with van der Waals surface area (Å²) in [5.74, 6) is 0. The number of epoxide rings is 1. The summed E-state index contributed by atoms with van der Waals surface area (Å²) in [6.07, 6.45) is 1.22. The van der Waals surface area contributed by atoms with E-state index in [1.807, 2.05) is 0 Å². The summed E-state index contributed by atoms with van der Waals surface area (Å²) in [5, 5.41) is 0. The summed E-state index contributed by atoms with van der Waals surface area (Å²) < 4.78 is 26.3. The van der Waals surface area contributed by atoms with Gasteiger partial charge in [-0.25, -0.2) is 0 Å². The lowest BCUT2D eigenvalue weighted by Crippen LogP contribution is -2.42. The Bertz CT molecular complexity index is 165. The average Bonchev–Trinajstić information content (AvgIpc) is 3.08. The van der Waals surface area contributed by atoms with E-state index in [0.29, 0.717) is 19.3 Å². The largest absolute Gasteiger partial charge is 0.500 e. The third-order valence-corrected chi connectivity index (χ3v) is 5.24. The molecule has 0 saturated carbocycles. The molecule has 1 saturated heterocycles. The second-order valence-electron chi connectivity index (χ2n) is 3.43. The maximum Gasteiger partial charge on any atom is 0.500 e. The van der Waals surface area contributed by atoms with Crippen molar-refractivity contribution in [1.82, 2.24) is 0 Å². The summed E-state index contributed by atoms with van der Waals surface area (Å²) in [4.78, 5) is 0. The smallest absolute Gasteiger partial charge is 0.379 e. The molecule has 1 fully saturated rings. The fraction of sp³-hybridized carbons (Fsp3) is 1.00. The van der Waals surface area contributed by atoms with Crippen molar-refractivity contribution in [3.05, 3.63) is 0 Å². The van der Waals surface area contributed by atoms with E-state index in [0.717, 1.165) is 19.1 Å². The molecule has 16 heavy (non-hydrogen) atoms. The third-order valence-electron chi connectivity index (χ3n) is 2.41. The highest BCUT2D eigenvalue weighted by molar-refractivity contribution is 6.60. The van der Waals surface area contributed by atoms with Crippen LogP contribution in [-0.2, 0) is 22.8 Å². The van der Waals surface area contributed by atoms with Crippen LogP contribution in [-0.4, -0.2) is 67.0 Å². The number of hydrogen-bond donors (Lipinski definition) is 0. The van der Waals surface area contributed by atoms with Gasteiger partial charge in [-0.2, -0.15) is 0 Å². The van der Waals surface area contributed by atoms with Crippen LogP contribution in [0.25, 0.3) is 0 Å². The van der Waals surface area contributed by atoms with Gasteiger partial charge >= 0.3 is 8.80 Å². The van der Waals surface area contributed by atoms with Gasteiger partial charge in [0.2, 0.25) is 0 Å². The average molecular weight is 268 g/mol. The van der Waals surface area contributed by atoms with Gasteiger partial charge in [0.05, 0.1) is 13.2 Å². The molecule has 1 aliphatic heterocycles. The second kappa shape index (κ2) is 8.34. The van der Waals surface area contributed by atoms with Crippen LogP contribution in [0.1, 0.15) is 6.42 Å². The van der Waals surface area contributed by atoms with Crippen molar-refractivity contribution >= 4 is 19.8 Å². The van der Waals surface area contributed by atoms with Crippen LogP contribution >= 0.6 is 0 Å². The number of rotatable bonds is 9. The first-order valence-corrected chi connectivity index (χ1v) is 7.04. The Hall–Kier alpha value is 0.234. The highest BCUT2D eigenvalue weighted by Gasteiger charge is 2.36. The topological polar surface area (TPSA) is 49.5 Å². The first kappa shape index (κ1) is 16.2. The van der Waals surface area contributed by atoms with Gasteiger partial charge in [0.15, 0.2) is 0 Å². The van der Waals surface area contributed by atoms with Gasteiger partial charge in [0.25, 0.3) is 0 Å². The molecule has 1 unspecified atom stereocenters. The van der Waals surface area contributed by atoms with E-state index < -0.39 is 8.80 Å². The van der Waals surface area contributed by atoms with Gasteiger partial charge in [-0.3, -0.25) is 0 Å². The Morgan fingerprint density at radius 2 is 1.75 bits per heavy atom. The zero-order chi connectivity index (χ0) is 11.1. The lowest BCUT2D eigenvalue weighted by Gasteiger charge is -2.24. The molecular weight excluding hydrogens is 244 g/mol. The van der Waals surface area contributed by atoms with Gasteiger partial charge in [-0.1, -0.05) is 0 Å². The van der Waals surface area contributed by atoms with Crippen LogP contribution in [0.2, 0.25) is 6.04 Å². The molecule has 1 atom stereocenters. The zero-order valence-electron chi connectivity index (χ0n) is 9.65. The first-order chi connectivity index (χ1) is 7.26. The van der Waals surface area contributed by atoms with Crippen LogP contribution in [0, 0.1) is 0 Å². The molecular formula is C9H24O5Si2. The van der Waals surface area contributed by atoms with Crippen molar-refractivity contribution in [2.45, 2.75) is 18.6 Å².